The minimum absolute atomic E-state index is 0.0431. The molecular formula is C22H19FN2O3S. The summed E-state index contributed by atoms with van der Waals surface area (Å²) in [5, 5.41) is 2.69. The zero-order chi connectivity index (χ0) is 20.4. The lowest BCUT2D eigenvalue weighted by atomic mass is 10.0. The van der Waals surface area contributed by atoms with Gasteiger partial charge in [-0.15, -0.1) is 0 Å². The SMILES string of the molecule is O=C(Nc1ccc2c(c1)CCCN2S(=O)(=O)c1ccccc1)c1ccccc1F. The van der Waals surface area contributed by atoms with Gasteiger partial charge in [0, 0.05) is 12.2 Å². The largest absolute Gasteiger partial charge is 0.322 e. The molecule has 1 aliphatic heterocycles. The van der Waals surface area contributed by atoms with Gasteiger partial charge in [-0.1, -0.05) is 30.3 Å². The smallest absolute Gasteiger partial charge is 0.264 e. The maximum Gasteiger partial charge on any atom is 0.264 e. The second-order valence-electron chi connectivity index (χ2n) is 6.77. The molecule has 1 amide bonds. The van der Waals surface area contributed by atoms with Gasteiger partial charge in [-0.2, -0.15) is 0 Å². The summed E-state index contributed by atoms with van der Waals surface area (Å²) in [6, 6.07) is 19.1. The Morgan fingerprint density at radius 3 is 2.45 bits per heavy atom. The number of aryl methyl sites for hydroxylation is 1. The first kappa shape index (κ1) is 19.1. The highest BCUT2D eigenvalue weighted by Gasteiger charge is 2.29. The van der Waals surface area contributed by atoms with E-state index in [-0.39, 0.29) is 10.5 Å². The average molecular weight is 410 g/mol. The van der Waals surface area contributed by atoms with Gasteiger partial charge < -0.3 is 5.32 Å². The van der Waals surface area contributed by atoms with Crippen LogP contribution in [-0.4, -0.2) is 20.9 Å². The van der Waals surface area contributed by atoms with E-state index in [0.29, 0.717) is 30.8 Å². The van der Waals surface area contributed by atoms with Gasteiger partial charge in [-0.25, -0.2) is 12.8 Å². The zero-order valence-electron chi connectivity index (χ0n) is 15.5. The van der Waals surface area contributed by atoms with E-state index in [1.54, 1.807) is 54.6 Å². The number of halogens is 1. The maximum atomic E-state index is 13.8. The maximum absolute atomic E-state index is 13.8. The van der Waals surface area contributed by atoms with Crippen LogP contribution in [0.2, 0.25) is 0 Å². The van der Waals surface area contributed by atoms with Crippen molar-refractivity contribution in [2.75, 3.05) is 16.2 Å². The number of nitrogens with zero attached hydrogens (tertiary/aromatic N) is 1. The summed E-state index contributed by atoms with van der Waals surface area (Å²) < 4.78 is 41.3. The number of nitrogens with one attached hydrogen (secondary N) is 1. The Morgan fingerprint density at radius 1 is 0.966 bits per heavy atom. The third-order valence-electron chi connectivity index (χ3n) is 4.86. The number of carbonyl (C=O) groups excluding carboxylic acids is 1. The van der Waals surface area contributed by atoms with E-state index in [1.165, 1.54) is 22.5 Å². The van der Waals surface area contributed by atoms with Crippen molar-refractivity contribution in [3.63, 3.8) is 0 Å². The molecule has 0 saturated carbocycles. The van der Waals surface area contributed by atoms with E-state index in [4.69, 9.17) is 0 Å². The van der Waals surface area contributed by atoms with Gasteiger partial charge in [0.2, 0.25) is 0 Å². The first-order chi connectivity index (χ1) is 14.0. The zero-order valence-corrected chi connectivity index (χ0v) is 16.3. The quantitative estimate of drug-likeness (QED) is 0.700. The summed E-state index contributed by atoms with van der Waals surface area (Å²) in [5.41, 5.74) is 1.88. The van der Waals surface area contributed by atoms with Crippen molar-refractivity contribution in [2.24, 2.45) is 0 Å². The first-order valence-electron chi connectivity index (χ1n) is 9.23. The highest BCUT2D eigenvalue weighted by atomic mass is 32.2. The number of hydrogen-bond donors (Lipinski definition) is 1. The number of sulfonamides is 1. The molecule has 148 valence electrons. The summed E-state index contributed by atoms with van der Waals surface area (Å²) in [6.07, 6.45) is 1.36. The van der Waals surface area contributed by atoms with Crippen LogP contribution in [0.5, 0.6) is 0 Å². The van der Waals surface area contributed by atoms with E-state index in [0.717, 1.165) is 5.56 Å². The van der Waals surface area contributed by atoms with Crippen LogP contribution in [0, 0.1) is 5.82 Å². The topological polar surface area (TPSA) is 66.5 Å². The molecule has 0 spiro atoms. The lowest BCUT2D eigenvalue weighted by molar-refractivity contribution is 0.102. The molecule has 0 unspecified atom stereocenters. The Hall–Kier alpha value is -3.19. The van der Waals surface area contributed by atoms with E-state index in [9.17, 15) is 17.6 Å². The summed E-state index contributed by atoms with van der Waals surface area (Å²) >= 11 is 0. The van der Waals surface area contributed by atoms with Gasteiger partial charge in [0.15, 0.2) is 0 Å². The Bertz CT molecular complexity index is 1160. The minimum Gasteiger partial charge on any atom is -0.322 e. The van der Waals surface area contributed by atoms with E-state index >= 15 is 0 Å². The monoisotopic (exact) mass is 410 g/mol. The Balaban J connectivity index is 1.62. The number of anilines is 2. The molecule has 5 nitrogen and oxygen atoms in total. The molecule has 0 bridgehead atoms. The highest BCUT2D eigenvalue weighted by Crippen LogP contribution is 2.33. The summed E-state index contributed by atoms with van der Waals surface area (Å²) in [5.74, 6) is -1.14. The number of amides is 1. The molecule has 1 heterocycles. The number of fused-ring (bicyclic) bond motifs is 1. The van der Waals surface area contributed by atoms with E-state index in [1.807, 2.05) is 0 Å². The molecule has 1 aliphatic rings. The molecule has 0 radical (unpaired) electrons. The van der Waals surface area contributed by atoms with Crippen molar-refractivity contribution in [1.29, 1.82) is 0 Å². The highest BCUT2D eigenvalue weighted by molar-refractivity contribution is 7.92. The molecule has 0 aromatic heterocycles. The second kappa shape index (κ2) is 7.67. The molecule has 29 heavy (non-hydrogen) atoms. The van der Waals surface area contributed by atoms with Crippen LogP contribution < -0.4 is 9.62 Å². The van der Waals surface area contributed by atoms with Crippen LogP contribution in [-0.2, 0) is 16.4 Å². The van der Waals surface area contributed by atoms with Gasteiger partial charge in [0.1, 0.15) is 5.82 Å². The Labute approximate surface area is 168 Å². The van der Waals surface area contributed by atoms with Crippen LogP contribution in [0.1, 0.15) is 22.3 Å². The first-order valence-corrected chi connectivity index (χ1v) is 10.7. The Kier molecular flexibility index (Phi) is 5.07. The van der Waals surface area contributed by atoms with Crippen molar-refractivity contribution in [1.82, 2.24) is 0 Å². The lowest BCUT2D eigenvalue weighted by Gasteiger charge is -2.30. The molecule has 1 N–H and O–H groups in total. The van der Waals surface area contributed by atoms with Gasteiger partial charge in [-0.3, -0.25) is 9.10 Å². The van der Waals surface area contributed by atoms with Crippen LogP contribution in [0.25, 0.3) is 0 Å². The van der Waals surface area contributed by atoms with Gasteiger partial charge in [0.05, 0.1) is 16.1 Å². The number of carbonyl (C=O) groups is 1. The van der Waals surface area contributed by atoms with Crippen LogP contribution in [0.3, 0.4) is 0 Å². The van der Waals surface area contributed by atoms with Gasteiger partial charge >= 0.3 is 0 Å². The number of hydrogen-bond acceptors (Lipinski definition) is 3. The number of benzene rings is 3. The molecule has 0 aliphatic carbocycles. The molecule has 0 atom stereocenters. The van der Waals surface area contributed by atoms with E-state index < -0.39 is 21.7 Å². The van der Waals surface area contributed by atoms with Crippen LogP contribution >= 0.6 is 0 Å². The second-order valence-corrected chi connectivity index (χ2v) is 8.63. The van der Waals surface area contributed by atoms with Crippen molar-refractivity contribution in [3.8, 4) is 0 Å². The summed E-state index contributed by atoms with van der Waals surface area (Å²) in [6.45, 7) is 0.394. The lowest BCUT2D eigenvalue weighted by Crippen LogP contribution is -2.35. The summed E-state index contributed by atoms with van der Waals surface area (Å²) in [7, 11) is -3.66. The fourth-order valence-electron chi connectivity index (χ4n) is 3.45. The van der Waals surface area contributed by atoms with Crippen LogP contribution in [0.4, 0.5) is 15.8 Å². The van der Waals surface area contributed by atoms with Crippen molar-refractivity contribution >= 4 is 27.3 Å². The number of rotatable bonds is 4. The average Bonchev–Trinajstić information content (AvgIpc) is 2.74. The summed E-state index contributed by atoms with van der Waals surface area (Å²) in [4.78, 5) is 12.6. The molecule has 4 rings (SSSR count). The molecule has 3 aromatic carbocycles. The fraction of sp³-hybridized carbons (Fsp3) is 0.136. The van der Waals surface area contributed by atoms with Gasteiger partial charge in [0.25, 0.3) is 15.9 Å². The third kappa shape index (κ3) is 3.73. The predicted molar refractivity (Wildman–Crippen MR) is 110 cm³/mol. The standard InChI is InChI=1S/C22H19FN2O3S/c23-20-11-5-4-10-19(20)22(26)24-17-12-13-21-16(15-17)7-6-14-25(21)29(27,28)18-8-2-1-3-9-18/h1-5,8-13,15H,6-7,14H2,(H,24,26). The van der Waals surface area contributed by atoms with Crippen molar-refractivity contribution in [2.45, 2.75) is 17.7 Å². The normalized spacial score (nSPS) is 13.6. The van der Waals surface area contributed by atoms with Crippen molar-refractivity contribution in [3.05, 3.63) is 89.7 Å². The minimum atomic E-state index is -3.66. The molecule has 0 fully saturated rings. The molecular weight excluding hydrogens is 391 g/mol. The van der Waals surface area contributed by atoms with Crippen molar-refractivity contribution < 1.29 is 17.6 Å². The van der Waals surface area contributed by atoms with E-state index in [2.05, 4.69) is 5.32 Å². The Morgan fingerprint density at radius 2 is 1.69 bits per heavy atom. The molecule has 0 saturated heterocycles. The van der Waals surface area contributed by atoms with Crippen LogP contribution in [0.15, 0.2) is 77.7 Å². The third-order valence-corrected chi connectivity index (χ3v) is 6.69. The predicted octanol–water partition coefficient (Wildman–Crippen LogP) is 4.22. The molecule has 7 heteroatoms. The van der Waals surface area contributed by atoms with Gasteiger partial charge in [-0.05, 0) is 60.9 Å². The fourth-order valence-corrected chi connectivity index (χ4v) is 5.02. The molecule has 3 aromatic rings.